The monoisotopic (exact) mass is 549 g/mol. The van der Waals surface area contributed by atoms with Crippen molar-refractivity contribution >= 4 is 81.2 Å². The molecule has 3 aromatic carbocycles. The van der Waals surface area contributed by atoms with Gasteiger partial charge in [0, 0.05) is 16.3 Å². The lowest BCUT2D eigenvalue weighted by atomic mass is 10.1. The van der Waals surface area contributed by atoms with Crippen LogP contribution in [0.5, 0.6) is 5.75 Å². The maximum atomic E-state index is 12.9. The first-order chi connectivity index (χ1) is 16.7. The van der Waals surface area contributed by atoms with Crippen LogP contribution in [-0.2, 0) is 9.59 Å². The highest BCUT2D eigenvalue weighted by Crippen LogP contribution is 2.34. The fraction of sp³-hybridized carbons (Fsp3) is 0.0417. The summed E-state index contributed by atoms with van der Waals surface area (Å²) >= 11 is 24.1. The fourth-order valence-electron chi connectivity index (χ4n) is 3.29. The van der Waals surface area contributed by atoms with Crippen LogP contribution in [0.4, 0.5) is 17.1 Å². The van der Waals surface area contributed by atoms with Crippen LogP contribution in [0.25, 0.3) is 0 Å². The second-order valence-corrected chi connectivity index (χ2v) is 8.86. The van der Waals surface area contributed by atoms with Crippen LogP contribution < -0.4 is 20.3 Å². The van der Waals surface area contributed by atoms with Crippen LogP contribution in [0.1, 0.15) is 10.4 Å². The molecule has 0 aliphatic carbocycles. The Hall–Kier alpha value is -3.23. The number of halogens is 4. The topological polar surface area (TPSA) is 87.7 Å². The standard InChI is InChI=1S/C24H15Cl4N3O4/c1-35-19-9-4-13(25)10-18(19)30-22(32)12-2-5-14(6-3-12)29-21-20(28)23(33)31(24(21)34)15-7-8-16(26)17(27)11-15/h2-11,29H,1H3,(H,30,32). The first-order valence-electron chi connectivity index (χ1n) is 9.95. The number of anilines is 3. The van der Waals surface area contributed by atoms with Gasteiger partial charge in [-0.05, 0) is 60.7 Å². The minimum absolute atomic E-state index is 0.108. The zero-order valence-electron chi connectivity index (χ0n) is 17.9. The van der Waals surface area contributed by atoms with Crippen molar-refractivity contribution in [2.24, 2.45) is 0 Å². The molecule has 1 heterocycles. The number of carbonyl (C=O) groups excluding carboxylic acids is 3. The maximum Gasteiger partial charge on any atom is 0.283 e. The van der Waals surface area contributed by atoms with E-state index >= 15 is 0 Å². The molecule has 0 unspecified atom stereocenters. The van der Waals surface area contributed by atoms with Crippen molar-refractivity contribution in [3.05, 3.63) is 92.0 Å². The van der Waals surface area contributed by atoms with E-state index in [-0.39, 0.29) is 26.5 Å². The Kier molecular flexibility index (Phi) is 7.23. The van der Waals surface area contributed by atoms with Gasteiger partial charge in [-0.2, -0.15) is 0 Å². The van der Waals surface area contributed by atoms with Gasteiger partial charge >= 0.3 is 0 Å². The van der Waals surface area contributed by atoms with Crippen LogP contribution in [0, 0.1) is 0 Å². The molecule has 0 spiro atoms. The van der Waals surface area contributed by atoms with Crippen molar-refractivity contribution in [3.8, 4) is 5.75 Å². The predicted octanol–water partition coefficient (Wildman–Crippen LogP) is 6.34. The van der Waals surface area contributed by atoms with E-state index < -0.39 is 17.7 Å². The molecular formula is C24H15Cl4N3O4. The Labute approximate surface area is 220 Å². The van der Waals surface area contributed by atoms with Crippen LogP contribution in [0.3, 0.4) is 0 Å². The molecule has 1 aliphatic rings. The summed E-state index contributed by atoms with van der Waals surface area (Å²) < 4.78 is 5.23. The van der Waals surface area contributed by atoms with Crippen LogP contribution >= 0.6 is 46.4 Å². The number of rotatable bonds is 6. The SMILES string of the molecule is COc1ccc(Cl)cc1NC(=O)c1ccc(NC2=C(Cl)C(=O)N(c3ccc(Cl)c(Cl)c3)C2=O)cc1. The van der Waals surface area contributed by atoms with E-state index in [1.165, 1.54) is 25.3 Å². The third kappa shape index (κ3) is 5.09. The third-order valence-electron chi connectivity index (χ3n) is 5.01. The fourth-order valence-corrected chi connectivity index (χ4v) is 3.97. The number of imide groups is 1. The number of carbonyl (C=O) groups is 3. The Balaban J connectivity index is 1.50. The van der Waals surface area contributed by atoms with E-state index in [0.717, 1.165) is 4.90 Å². The zero-order valence-corrected chi connectivity index (χ0v) is 20.9. The second-order valence-electron chi connectivity index (χ2n) is 7.23. The normalized spacial score (nSPS) is 13.3. The van der Waals surface area contributed by atoms with Crippen molar-refractivity contribution in [2.45, 2.75) is 0 Å². The molecule has 4 rings (SSSR count). The Morgan fingerprint density at radius 2 is 1.57 bits per heavy atom. The molecule has 3 amide bonds. The maximum absolute atomic E-state index is 12.9. The van der Waals surface area contributed by atoms with E-state index in [9.17, 15) is 14.4 Å². The van der Waals surface area contributed by atoms with Gasteiger partial charge in [-0.15, -0.1) is 0 Å². The lowest BCUT2D eigenvalue weighted by Crippen LogP contribution is -2.32. The van der Waals surface area contributed by atoms with Crippen LogP contribution in [-0.4, -0.2) is 24.8 Å². The number of ether oxygens (including phenoxy) is 1. The van der Waals surface area contributed by atoms with Crippen LogP contribution in [0.15, 0.2) is 71.4 Å². The zero-order chi connectivity index (χ0) is 25.3. The molecule has 0 atom stereocenters. The largest absolute Gasteiger partial charge is 0.495 e. The van der Waals surface area contributed by atoms with Gasteiger partial charge in [0.2, 0.25) is 0 Å². The average Bonchev–Trinajstić information content (AvgIpc) is 3.04. The molecule has 0 aromatic heterocycles. The number of nitrogens with zero attached hydrogens (tertiary/aromatic N) is 1. The molecule has 178 valence electrons. The Morgan fingerprint density at radius 3 is 2.23 bits per heavy atom. The highest BCUT2D eigenvalue weighted by Gasteiger charge is 2.39. The summed E-state index contributed by atoms with van der Waals surface area (Å²) in [6.07, 6.45) is 0. The lowest BCUT2D eigenvalue weighted by Gasteiger charge is -2.16. The van der Waals surface area contributed by atoms with Gasteiger partial charge in [0.25, 0.3) is 17.7 Å². The smallest absolute Gasteiger partial charge is 0.283 e. The summed E-state index contributed by atoms with van der Waals surface area (Å²) in [6.45, 7) is 0. The molecule has 1 aliphatic heterocycles. The van der Waals surface area contributed by atoms with Gasteiger partial charge in [-0.25, -0.2) is 4.90 Å². The second kappa shape index (κ2) is 10.2. The summed E-state index contributed by atoms with van der Waals surface area (Å²) in [5.74, 6) is -1.30. The summed E-state index contributed by atoms with van der Waals surface area (Å²) in [5, 5.41) is 6.21. The van der Waals surface area contributed by atoms with Gasteiger partial charge < -0.3 is 15.4 Å². The molecule has 35 heavy (non-hydrogen) atoms. The molecule has 0 saturated carbocycles. The van der Waals surface area contributed by atoms with Crippen molar-refractivity contribution < 1.29 is 19.1 Å². The average molecular weight is 551 g/mol. The molecule has 0 saturated heterocycles. The third-order valence-corrected chi connectivity index (χ3v) is 6.34. The quantitative estimate of drug-likeness (QED) is 0.349. The number of hydrogen-bond acceptors (Lipinski definition) is 5. The van der Waals surface area contributed by atoms with E-state index in [2.05, 4.69) is 10.6 Å². The van der Waals surface area contributed by atoms with Gasteiger partial charge in [0.15, 0.2) is 0 Å². The Bertz CT molecular complexity index is 1390. The number of hydrogen-bond donors (Lipinski definition) is 2. The minimum atomic E-state index is -0.705. The number of nitrogens with one attached hydrogen (secondary N) is 2. The minimum Gasteiger partial charge on any atom is -0.495 e. The van der Waals surface area contributed by atoms with Gasteiger partial charge in [0.1, 0.15) is 16.5 Å². The van der Waals surface area contributed by atoms with Crippen molar-refractivity contribution in [3.63, 3.8) is 0 Å². The molecule has 3 aromatic rings. The van der Waals surface area contributed by atoms with E-state index in [4.69, 9.17) is 51.1 Å². The molecule has 0 radical (unpaired) electrons. The summed E-state index contributed by atoms with van der Waals surface area (Å²) in [6, 6.07) is 15.4. The first kappa shape index (κ1) is 24.9. The molecule has 0 fully saturated rings. The van der Waals surface area contributed by atoms with Gasteiger partial charge in [0.05, 0.1) is 28.5 Å². The highest BCUT2D eigenvalue weighted by molar-refractivity contribution is 6.53. The molecule has 7 nitrogen and oxygen atoms in total. The summed E-state index contributed by atoms with van der Waals surface area (Å²) in [7, 11) is 1.48. The Morgan fingerprint density at radius 1 is 0.857 bits per heavy atom. The lowest BCUT2D eigenvalue weighted by molar-refractivity contribution is -0.120. The molecular weight excluding hydrogens is 536 g/mol. The summed E-state index contributed by atoms with van der Waals surface area (Å²) in [5.41, 5.74) is 1.31. The molecule has 11 heteroatoms. The van der Waals surface area contributed by atoms with Crippen LogP contribution in [0.2, 0.25) is 15.1 Å². The van der Waals surface area contributed by atoms with Crippen molar-refractivity contribution in [1.82, 2.24) is 0 Å². The molecule has 0 bridgehead atoms. The van der Waals surface area contributed by atoms with Gasteiger partial charge in [-0.1, -0.05) is 46.4 Å². The van der Waals surface area contributed by atoms with Gasteiger partial charge in [-0.3, -0.25) is 14.4 Å². The summed E-state index contributed by atoms with van der Waals surface area (Å²) in [4.78, 5) is 39.1. The van der Waals surface area contributed by atoms with E-state index in [1.807, 2.05) is 0 Å². The molecule has 2 N–H and O–H groups in total. The van der Waals surface area contributed by atoms with E-state index in [0.29, 0.717) is 27.7 Å². The number of amides is 3. The van der Waals surface area contributed by atoms with Crippen molar-refractivity contribution in [2.75, 3.05) is 22.6 Å². The highest BCUT2D eigenvalue weighted by atomic mass is 35.5. The van der Waals surface area contributed by atoms with E-state index in [1.54, 1.807) is 42.5 Å². The van der Waals surface area contributed by atoms with Crippen molar-refractivity contribution in [1.29, 1.82) is 0 Å². The first-order valence-corrected chi connectivity index (χ1v) is 11.5. The predicted molar refractivity (Wildman–Crippen MR) is 138 cm³/mol. The number of benzene rings is 3. The number of methoxy groups -OCH3 is 1.